The maximum atomic E-state index is 13.2. The van der Waals surface area contributed by atoms with Crippen LogP contribution in [-0.2, 0) is 4.79 Å². The molecule has 2 aromatic carbocycles. The van der Waals surface area contributed by atoms with Gasteiger partial charge in [0.25, 0.3) is 5.91 Å². The summed E-state index contributed by atoms with van der Waals surface area (Å²) in [5.41, 5.74) is 2.63. The number of aryl methyl sites for hydroxylation is 1. The summed E-state index contributed by atoms with van der Waals surface area (Å²) in [6.45, 7) is 2.49. The molecule has 0 radical (unpaired) electrons. The highest BCUT2D eigenvalue weighted by molar-refractivity contribution is 6.31. The molecule has 7 heteroatoms. The first-order valence-electron chi connectivity index (χ1n) is 11.0. The molecule has 2 heterocycles. The van der Waals surface area contributed by atoms with Crippen LogP contribution in [0.1, 0.15) is 51.7 Å². The minimum atomic E-state index is -1.01. The number of furan rings is 1. The Labute approximate surface area is 202 Å². The van der Waals surface area contributed by atoms with Crippen molar-refractivity contribution in [3.8, 4) is 0 Å². The molecule has 0 bridgehead atoms. The van der Waals surface area contributed by atoms with Gasteiger partial charge in [-0.25, -0.2) is 0 Å². The molecule has 2 N–H and O–H groups in total. The van der Waals surface area contributed by atoms with E-state index in [0.29, 0.717) is 30.0 Å². The molecule has 1 aliphatic heterocycles. The van der Waals surface area contributed by atoms with Crippen molar-refractivity contribution in [2.24, 2.45) is 5.92 Å². The SMILES string of the molecule is Cc1ccc([C@@H]2CC[C@@]3(NC(=O)c4ccoc4)C(=O)NC[C@H]3[C@H]2c2ccc(Cl)cc2)c(Cl)c1. The number of benzene rings is 2. The Bertz CT molecular complexity index is 1190. The molecule has 5 rings (SSSR count). The van der Waals surface area contributed by atoms with E-state index in [1.54, 1.807) is 6.07 Å². The number of amides is 2. The van der Waals surface area contributed by atoms with Gasteiger partial charge in [-0.2, -0.15) is 0 Å². The lowest BCUT2D eigenvalue weighted by molar-refractivity contribution is -0.126. The molecule has 1 saturated heterocycles. The Hall–Kier alpha value is -2.76. The van der Waals surface area contributed by atoms with Crippen LogP contribution in [0.15, 0.2) is 65.5 Å². The fourth-order valence-corrected chi connectivity index (χ4v) is 6.09. The summed E-state index contributed by atoms with van der Waals surface area (Å²) in [6.07, 6.45) is 4.06. The van der Waals surface area contributed by atoms with Gasteiger partial charge in [0.15, 0.2) is 0 Å². The highest BCUT2D eigenvalue weighted by Gasteiger charge is 2.58. The predicted molar refractivity (Wildman–Crippen MR) is 128 cm³/mol. The highest BCUT2D eigenvalue weighted by atomic mass is 35.5. The molecule has 3 aromatic rings. The third-order valence-corrected chi connectivity index (χ3v) is 7.75. The number of hydrogen-bond donors (Lipinski definition) is 2. The Morgan fingerprint density at radius 2 is 1.94 bits per heavy atom. The molecule has 2 amide bonds. The first-order valence-corrected chi connectivity index (χ1v) is 11.8. The van der Waals surface area contributed by atoms with E-state index in [1.165, 1.54) is 12.5 Å². The molecule has 2 aliphatic rings. The lowest BCUT2D eigenvalue weighted by Crippen LogP contribution is -2.60. The van der Waals surface area contributed by atoms with Crippen LogP contribution in [0.2, 0.25) is 10.0 Å². The topological polar surface area (TPSA) is 71.3 Å². The van der Waals surface area contributed by atoms with Crippen molar-refractivity contribution in [3.05, 3.63) is 93.4 Å². The Morgan fingerprint density at radius 3 is 2.64 bits per heavy atom. The summed E-state index contributed by atoms with van der Waals surface area (Å²) in [4.78, 5) is 26.2. The maximum Gasteiger partial charge on any atom is 0.255 e. The van der Waals surface area contributed by atoms with E-state index in [9.17, 15) is 9.59 Å². The van der Waals surface area contributed by atoms with E-state index in [1.807, 2.05) is 37.3 Å². The molecule has 170 valence electrons. The lowest BCUT2D eigenvalue weighted by atomic mass is 9.60. The quantitative estimate of drug-likeness (QED) is 0.517. The van der Waals surface area contributed by atoms with Crippen molar-refractivity contribution in [2.45, 2.75) is 37.1 Å². The molecular formula is C26H24Cl2N2O3. The van der Waals surface area contributed by atoms with Crippen molar-refractivity contribution in [1.29, 1.82) is 0 Å². The van der Waals surface area contributed by atoms with Crippen molar-refractivity contribution in [1.82, 2.24) is 10.6 Å². The minimum Gasteiger partial charge on any atom is -0.472 e. The lowest BCUT2D eigenvalue weighted by Gasteiger charge is -2.46. The molecule has 0 unspecified atom stereocenters. The van der Waals surface area contributed by atoms with Gasteiger partial charge in [-0.3, -0.25) is 9.59 Å². The van der Waals surface area contributed by atoms with E-state index >= 15 is 0 Å². The highest BCUT2D eigenvalue weighted by Crippen LogP contribution is 2.54. The van der Waals surface area contributed by atoms with Gasteiger partial charge in [0.2, 0.25) is 5.91 Å². The van der Waals surface area contributed by atoms with Crippen molar-refractivity contribution >= 4 is 35.0 Å². The average molecular weight is 483 g/mol. The Kier molecular flexibility index (Phi) is 5.71. The molecule has 1 aromatic heterocycles. The molecule has 1 saturated carbocycles. The van der Waals surface area contributed by atoms with Crippen LogP contribution in [-0.4, -0.2) is 23.9 Å². The van der Waals surface area contributed by atoms with E-state index in [2.05, 4.69) is 22.8 Å². The Morgan fingerprint density at radius 1 is 1.15 bits per heavy atom. The summed E-state index contributed by atoms with van der Waals surface area (Å²) >= 11 is 12.9. The number of rotatable bonds is 4. The van der Waals surface area contributed by atoms with E-state index in [0.717, 1.165) is 21.7 Å². The number of fused-ring (bicyclic) bond motifs is 1. The summed E-state index contributed by atoms with van der Waals surface area (Å²) < 4.78 is 5.07. The second-order valence-corrected chi connectivity index (χ2v) is 9.85. The van der Waals surface area contributed by atoms with Gasteiger partial charge in [0.1, 0.15) is 11.8 Å². The van der Waals surface area contributed by atoms with Crippen molar-refractivity contribution < 1.29 is 14.0 Å². The van der Waals surface area contributed by atoms with Gasteiger partial charge < -0.3 is 15.1 Å². The minimum absolute atomic E-state index is 0.0418. The normalized spacial score (nSPS) is 26.5. The molecule has 0 spiro atoms. The van der Waals surface area contributed by atoms with Crippen LogP contribution in [0.4, 0.5) is 0 Å². The van der Waals surface area contributed by atoms with Crippen LogP contribution >= 0.6 is 23.2 Å². The molecule has 2 fully saturated rings. The van der Waals surface area contributed by atoms with E-state index in [-0.39, 0.29) is 29.6 Å². The third kappa shape index (κ3) is 3.83. The Balaban J connectivity index is 1.59. The van der Waals surface area contributed by atoms with Gasteiger partial charge in [0.05, 0.1) is 11.8 Å². The molecular weight excluding hydrogens is 459 g/mol. The van der Waals surface area contributed by atoms with Gasteiger partial charge in [-0.15, -0.1) is 0 Å². The van der Waals surface area contributed by atoms with E-state index in [4.69, 9.17) is 27.6 Å². The molecule has 4 atom stereocenters. The largest absolute Gasteiger partial charge is 0.472 e. The molecule has 33 heavy (non-hydrogen) atoms. The number of hydrogen-bond acceptors (Lipinski definition) is 3. The van der Waals surface area contributed by atoms with E-state index < -0.39 is 5.54 Å². The zero-order chi connectivity index (χ0) is 23.2. The standard InChI is InChI=1S/C26H24Cl2N2O3/c1-15-2-7-19(22(28)12-15)20-8-10-26(30-24(31)17-9-11-33-14-17)21(13-29-25(26)32)23(20)16-3-5-18(27)6-4-16/h2-7,9,11-12,14,20-21,23H,8,10,13H2,1H3,(H,29,32)(H,30,31)/t20-,21-,23-,26-/m0/s1. The van der Waals surface area contributed by atoms with Crippen LogP contribution in [0, 0.1) is 12.8 Å². The van der Waals surface area contributed by atoms with Crippen molar-refractivity contribution in [2.75, 3.05) is 6.54 Å². The van der Waals surface area contributed by atoms with Crippen molar-refractivity contribution in [3.63, 3.8) is 0 Å². The van der Waals surface area contributed by atoms with Gasteiger partial charge in [-0.05, 0) is 72.6 Å². The zero-order valence-corrected chi connectivity index (χ0v) is 19.6. The maximum absolute atomic E-state index is 13.2. The first kappa shape index (κ1) is 22.1. The fourth-order valence-electron chi connectivity index (χ4n) is 5.59. The molecule has 1 aliphatic carbocycles. The van der Waals surface area contributed by atoms with Crippen LogP contribution in [0.5, 0.6) is 0 Å². The summed E-state index contributed by atoms with van der Waals surface area (Å²) in [6, 6.07) is 15.5. The number of halogens is 2. The summed E-state index contributed by atoms with van der Waals surface area (Å²) in [5.74, 6) is -0.557. The fraction of sp³-hybridized carbons (Fsp3) is 0.308. The zero-order valence-electron chi connectivity index (χ0n) is 18.1. The first-order chi connectivity index (χ1) is 15.9. The predicted octanol–water partition coefficient (Wildman–Crippen LogP) is 5.47. The summed E-state index contributed by atoms with van der Waals surface area (Å²) in [5, 5.41) is 7.49. The summed E-state index contributed by atoms with van der Waals surface area (Å²) in [7, 11) is 0. The smallest absolute Gasteiger partial charge is 0.255 e. The third-order valence-electron chi connectivity index (χ3n) is 7.17. The second-order valence-electron chi connectivity index (χ2n) is 9.00. The van der Waals surface area contributed by atoms with Crippen LogP contribution in [0.3, 0.4) is 0 Å². The second kappa shape index (κ2) is 8.54. The monoisotopic (exact) mass is 482 g/mol. The number of carbonyl (C=O) groups is 2. The van der Waals surface area contributed by atoms with Crippen LogP contribution in [0.25, 0.3) is 0 Å². The number of carbonyl (C=O) groups excluding carboxylic acids is 2. The van der Waals surface area contributed by atoms with Crippen LogP contribution < -0.4 is 10.6 Å². The van der Waals surface area contributed by atoms with Gasteiger partial charge in [-0.1, -0.05) is 47.5 Å². The number of nitrogens with one attached hydrogen (secondary N) is 2. The van der Waals surface area contributed by atoms with Gasteiger partial charge >= 0.3 is 0 Å². The van der Waals surface area contributed by atoms with Gasteiger partial charge in [0, 0.05) is 22.5 Å². The molecule has 5 nitrogen and oxygen atoms in total. The average Bonchev–Trinajstić information content (AvgIpc) is 3.44.